The molecule has 4 nitrogen and oxygen atoms in total. The highest BCUT2D eigenvalue weighted by Crippen LogP contribution is 2.33. The van der Waals surface area contributed by atoms with Crippen molar-refractivity contribution in [2.45, 2.75) is 19.9 Å². The Morgan fingerprint density at radius 1 is 1.36 bits per heavy atom. The van der Waals surface area contributed by atoms with Crippen LogP contribution >= 0.6 is 24.0 Å². The van der Waals surface area contributed by atoms with E-state index in [4.69, 9.17) is 17.3 Å². The molecule has 2 rings (SSSR count). The lowest BCUT2D eigenvalue weighted by atomic mass is 10.1. The lowest BCUT2D eigenvalue weighted by molar-refractivity contribution is -0.144. The quantitative estimate of drug-likeness (QED) is 0.677. The van der Waals surface area contributed by atoms with Crippen LogP contribution in [0, 0.1) is 0 Å². The van der Waals surface area contributed by atoms with Crippen LogP contribution in [0.2, 0.25) is 0 Å². The number of amides is 1. The average molecular weight is 333 g/mol. The smallest absolute Gasteiger partial charge is 0.326 e. The van der Waals surface area contributed by atoms with Crippen molar-refractivity contribution in [3.05, 3.63) is 52.4 Å². The zero-order valence-electron chi connectivity index (χ0n) is 12.1. The standard InChI is InChI=1S/C16H15NO3S2/c1-10(8-12-6-4-3-5-7-12)9-13-14(18)17(16(21)22-13)11(2)15(19)20/h3-9,11H,1-2H3,(H,19,20)/b10-8+,13-9+/t11-/m0/s1. The molecule has 0 aromatic heterocycles. The molecule has 1 amide bonds. The molecule has 0 aliphatic carbocycles. The van der Waals surface area contributed by atoms with E-state index in [1.807, 2.05) is 43.3 Å². The van der Waals surface area contributed by atoms with Crippen LogP contribution in [0.25, 0.3) is 6.08 Å². The van der Waals surface area contributed by atoms with Crippen molar-refractivity contribution in [2.24, 2.45) is 0 Å². The van der Waals surface area contributed by atoms with Gasteiger partial charge in [0.15, 0.2) is 0 Å². The number of hydrogen-bond donors (Lipinski definition) is 1. The summed E-state index contributed by atoms with van der Waals surface area (Å²) in [7, 11) is 0. The van der Waals surface area contributed by atoms with Gasteiger partial charge in [0.1, 0.15) is 10.4 Å². The van der Waals surface area contributed by atoms with Crippen molar-refractivity contribution in [2.75, 3.05) is 0 Å². The van der Waals surface area contributed by atoms with E-state index in [1.165, 1.54) is 6.92 Å². The van der Waals surface area contributed by atoms with Crippen molar-refractivity contribution in [3.8, 4) is 0 Å². The van der Waals surface area contributed by atoms with Crippen LogP contribution in [0.3, 0.4) is 0 Å². The molecule has 0 saturated carbocycles. The van der Waals surface area contributed by atoms with E-state index >= 15 is 0 Å². The zero-order chi connectivity index (χ0) is 16.3. The predicted molar refractivity (Wildman–Crippen MR) is 92.3 cm³/mol. The van der Waals surface area contributed by atoms with Crippen LogP contribution in [-0.4, -0.2) is 32.2 Å². The third-order valence-electron chi connectivity index (χ3n) is 3.12. The minimum Gasteiger partial charge on any atom is -0.480 e. The molecule has 6 heteroatoms. The molecular formula is C16H15NO3S2. The molecule has 0 spiro atoms. The number of aliphatic carboxylic acids is 1. The Balaban J connectivity index is 2.23. The molecule has 1 saturated heterocycles. The van der Waals surface area contributed by atoms with E-state index in [1.54, 1.807) is 6.08 Å². The van der Waals surface area contributed by atoms with Gasteiger partial charge in [-0.05, 0) is 31.1 Å². The number of carboxylic acid groups (broad SMARTS) is 1. The summed E-state index contributed by atoms with van der Waals surface area (Å²) in [6, 6.07) is 8.78. The number of carboxylic acids is 1. The number of rotatable bonds is 4. The van der Waals surface area contributed by atoms with E-state index in [9.17, 15) is 9.59 Å². The van der Waals surface area contributed by atoms with E-state index in [2.05, 4.69) is 0 Å². The number of allylic oxidation sites excluding steroid dienone is 2. The van der Waals surface area contributed by atoms with Crippen molar-refractivity contribution in [3.63, 3.8) is 0 Å². The second-order valence-corrected chi connectivity index (χ2v) is 6.54. The molecule has 1 N–H and O–H groups in total. The van der Waals surface area contributed by atoms with Crippen molar-refractivity contribution >= 4 is 46.3 Å². The van der Waals surface area contributed by atoms with Crippen LogP contribution in [-0.2, 0) is 9.59 Å². The highest BCUT2D eigenvalue weighted by molar-refractivity contribution is 8.26. The number of thioether (sulfide) groups is 1. The lowest BCUT2D eigenvalue weighted by Gasteiger charge is -2.18. The zero-order valence-corrected chi connectivity index (χ0v) is 13.8. The monoisotopic (exact) mass is 333 g/mol. The normalized spacial score (nSPS) is 18.9. The Labute approximate surface area is 138 Å². The third kappa shape index (κ3) is 3.64. The van der Waals surface area contributed by atoms with Gasteiger partial charge in [-0.2, -0.15) is 0 Å². The molecule has 1 atom stereocenters. The van der Waals surface area contributed by atoms with Crippen molar-refractivity contribution in [1.29, 1.82) is 0 Å². The summed E-state index contributed by atoms with van der Waals surface area (Å²) in [4.78, 5) is 25.0. The largest absolute Gasteiger partial charge is 0.480 e. The van der Waals surface area contributed by atoms with Crippen LogP contribution in [0.15, 0.2) is 46.9 Å². The van der Waals surface area contributed by atoms with E-state index in [0.717, 1.165) is 27.8 Å². The van der Waals surface area contributed by atoms with E-state index in [0.29, 0.717) is 4.91 Å². The molecule has 1 aromatic carbocycles. The summed E-state index contributed by atoms with van der Waals surface area (Å²) in [5.74, 6) is -1.43. The maximum Gasteiger partial charge on any atom is 0.326 e. The molecule has 22 heavy (non-hydrogen) atoms. The first-order valence-corrected chi connectivity index (χ1v) is 7.86. The molecule has 0 radical (unpaired) electrons. The number of thiocarbonyl (C=S) groups is 1. The van der Waals surface area contributed by atoms with Gasteiger partial charge in [0.2, 0.25) is 0 Å². The molecule has 114 valence electrons. The maximum absolute atomic E-state index is 12.3. The van der Waals surface area contributed by atoms with Crippen LogP contribution in [0.4, 0.5) is 0 Å². The fourth-order valence-corrected chi connectivity index (χ4v) is 3.45. The Kier molecular flexibility index (Phi) is 5.15. The molecule has 1 heterocycles. The van der Waals surface area contributed by atoms with Gasteiger partial charge >= 0.3 is 5.97 Å². The molecule has 1 fully saturated rings. The first kappa shape index (κ1) is 16.5. The highest BCUT2D eigenvalue weighted by atomic mass is 32.2. The number of nitrogens with zero attached hydrogens (tertiary/aromatic N) is 1. The topological polar surface area (TPSA) is 57.6 Å². The summed E-state index contributed by atoms with van der Waals surface area (Å²) in [6.45, 7) is 3.34. The lowest BCUT2D eigenvalue weighted by Crippen LogP contribution is -2.41. The Hall–Kier alpha value is -1.92. The molecule has 1 aliphatic rings. The summed E-state index contributed by atoms with van der Waals surface area (Å²) >= 11 is 6.25. The minimum absolute atomic E-state index is 0.277. The maximum atomic E-state index is 12.3. The first-order chi connectivity index (χ1) is 10.4. The van der Waals surface area contributed by atoms with Crippen molar-refractivity contribution in [1.82, 2.24) is 4.90 Å². The van der Waals surface area contributed by atoms with Gasteiger partial charge in [-0.25, -0.2) is 4.79 Å². The fraction of sp³-hybridized carbons (Fsp3) is 0.188. The Morgan fingerprint density at radius 2 is 2.00 bits per heavy atom. The van der Waals surface area contributed by atoms with Crippen LogP contribution in [0.1, 0.15) is 19.4 Å². The average Bonchev–Trinajstić information content (AvgIpc) is 2.73. The second-order valence-electron chi connectivity index (χ2n) is 4.86. The summed E-state index contributed by atoms with van der Waals surface area (Å²) < 4.78 is 0.277. The van der Waals surface area contributed by atoms with Gasteiger partial charge in [-0.15, -0.1) is 0 Å². The third-order valence-corrected chi connectivity index (χ3v) is 4.45. The predicted octanol–water partition coefficient (Wildman–Crippen LogP) is 3.31. The van der Waals surface area contributed by atoms with Crippen LogP contribution in [0.5, 0.6) is 0 Å². The fourth-order valence-electron chi connectivity index (χ4n) is 1.98. The van der Waals surface area contributed by atoms with Gasteiger partial charge in [0.05, 0.1) is 4.91 Å². The summed E-state index contributed by atoms with van der Waals surface area (Å²) in [5, 5.41) is 9.05. The second kappa shape index (κ2) is 6.89. The number of benzene rings is 1. The van der Waals surface area contributed by atoms with Crippen molar-refractivity contribution < 1.29 is 14.7 Å². The van der Waals surface area contributed by atoms with Gasteiger partial charge in [0.25, 0.3) is 5.91 Å². The number of hydrogen-bond acceptors (Lipinski definition) is 4. The Morgan fingerprint density at radius 3 is 2.59 bits per heavy atom. The molecular weight excluding hydrogens is 318 g/mol. The number of carbonyl (C=O) groups is 2. The number of carbonyl (C=O) groups excluding carboxylic acids is 1. The van der Waals surface area contributed by atoms with Gasteiger partial charge in [0, 0.05) is 0 Å². The van der Waals surface area contributed by atoms with E-state index in [-0.39, 0.29) is 10.2 Å². The minimum atomic E-state index is -1.07. The van der Waals surface area contributed by atoms with Gasteiger partial charge in [-0.1, -0.05) is 60.4 Å². The van der Waals surface area contributed by atoms with E-state index < -0.39 is 12.0 Å². The SMILES string of the molecule is CC(=C\c1ccccc1)/C=C1/SC(=S)N([C@@H](C)C(=O)O)C1=O. The molecule has 0 unspecified atom stereocenters. The molecule has 1 aliphatic heterocycles. The first-order valence-electron chi connectivity index (χ1n) is 6.63. The summed E-state index contributed by atoms with van der Waals surface area (Å²) in [5.41, 5.74) is 1.93. The van der Waals surface area contributed by atoms with Gasteiger partial charge in [-0.3, -0.25) is 9.69 Å². The molecule has 0 bridgehead atoms. The Bertz CT molecular complexity index is 680. The van der Waals surface area contributed by atoms with Crippen LogP contribution < -0.4 is 0 Å². The highest BCUT2D eigenvalue weighted by Gasteiger charge is 2.38. The molecule has 1 aromatic rings. The summed E-state index contributed by atoms with van der Waals surface area (Å²) in [6.07, 6.45) is 3.69. The van der Waals surface area contributed by atoms with Gasteiger partial charge < -0.3 is 5.11 Å².